The number of halogens is 1. The molecule has 30 heavy (non-hydrogen) atoms. The van der Waals surface area contributed by atoms with E-state index in [4.69, 9.17) is 21.1 Å². The van der Waals surface area contributed by atoms with E-state index in [-0.39, 0.29) is 15.5 Å². The van der Waals surface area contributed by atoms with Gasteiger partial charge in [-0.1, -0.05) is 18.5 Å². The van der Waals surface area contributed by atoms with Crippen LogP contribution in [-0.2, 0) is 10.0 Å². The molecule has 2 aromatic carbocycles. The SMILES string of the molecule is CC1CCN(S(=O)(=O)c2ccc(Cl)c(C(=O)Nc3ccc4c(c3)OCCO4)c2)CC1. The Bertz CT molecular complexity index is 1070. The van der Waals surface area contributed by atoms with Crippen LogP contribution in [0.1, 0.15) is 30.1 Å². The van der Waals surface area contributed by atoms with Crippen molar-refractivity contribution in [3.05, 3.63) is 47.0 Å². The lowest BCUT2D eigenvalue weighted by atomic mass is 10.0. The molecule has 1 N–H and O–H groups in total. The van der Waals surface area contributed by atoms with Crippen molar-refractivity contribution in [2.75, 3.05) is 31.6 Å². The van der Waals surface area contributed by atoms with Crippen molar-refractivity contribution in [3.8, 4) is 11.5 Å². The second-order valence-electron chi connectivity index (χ2n) is 7.54. The number of nitrogens with zero attached hydrogens (tertiary/aromatic N) is 1. The van der Waals surface area contributed by atoms with Crippen LogP contribution in [0.15, 0.2) is 41.3 Å². The summed E-state index contributed by atoms with van der Waals surface area (Å²) < 4.78 is 38.5. The van der Waals surface area contributed by atoms with Crippen LogP contribution < -0.4 is 14.8 Å². The van der Waals surface area contributed by atoms with Crippen LogP contribution in [0.4, 0.5) is 5.69 Å². The number of amides is 1. The molecule has 0 bridgehead atoms. The third-order valence-electron chi connectivity index (χ3n) is 5.36. The molecule has 2 aromatic rings. The molecular weight excluding hydrogens is 428 g/mol. The van der Waals surface area contributed by atoms with E-state index in [0.717, 1.165) is 12.8 Å². The maximum atomic E-state index is 13.0. The van der Waals surface area contributed by atoms with Gasteiger partial charge in [0.15, 0.2) is 11.5 Å². The summed E-state index contributed by atoms with van der Waals surface area (Å²) in [5.74, 6) is 1.16. The lowest BCUT2D eigenvalue weighted by molar-refractivity contribution is 0.102. The van der Waals surface area contributed by atoms with Gasteiger partial charge in [-0.2, -0.15) is 4.31 Å². The molecule has 0 spiro atoms. The molecule has 1 amide bonds. The molecule has 1 saturated heterocycles. The van der Waals surface area contributed by atoms with Crippen molar-refractivity contribution in [1.29, 1.82) is 0 Å². The van der Waals surface area contributed by atoms with Crippen LogP contribution >= 0.6 is 11.6 Å². The number of anilines is 1. The molecule has 0 saturated carbocycles. The average molecular weight is 451 g/mol. The molecule has 1 fully saturated rings. The number of carbonyl (C=O) groups is 1. The van der Waals surface area contributed by atoms with E-state index < -0.39 is 15.9 Å². The minimum absolute atomic E-state index is 0.0637. The fourth-order valence-corrected chi connectivity index (χ4v) is 5.23. The molecule has 4 rings (SSSR count). The summed E-state index contributed by atoms with van der Waals surface area (Å²) >= 11 is 6.21. The minimum Gasteiger partial charge on any atom is -0.486 e. The number of rotatable bonds is 4. The minimum atomic E-state index is -3.69. The number of hydrogen-bond donors (Lipinski definition) is 1. The third kappa shape index (κ3) is 4.26. The largest absolute Gasteiger partial charge is 0.486 e. The van der Waals surface area contributed by atoms with Gasteiger partial charge in [0, 0.05) is 24.8 Å². The van der Waals surface area contributed by atoms with Crippen molar-refractivity contribution < 1.29 is 22.7 Å². The van der Waals surface area contributed by atoms with E-state index in [0.29, 0.717) is 49.4 Å². The van der Waals surface area contributed by atoms with E-state index in [1.165, 1.54) is 22.5 Å². The summed E-state index contributed by atoms with van der Waals surface area (Å²) in [6.45, 7) is 3.99. The quantitative estimate of drug-likeness (QED) is 0.766. The molecule has 7 nitrogen and oxygen atoms in total. The normalized spacial score (nSPS) is 17.5. The second kappa shape index (κ2) is 8.45. The maximum Gasteiger partial charge on any atom is 0.257 e. The van der Waals surface area contributed by atoms with Crippen LogP contribution in [0.5, 0.6) is 11.5 Å². The lowest BCUT2D eigenvalue weighted by Gasteiger charge is -2.29. The Labute approximate surface area is 181 Å². The predicted molar refractivity (Wildman–Crippen MR) is 114 cm³/mol. The monoisotopic (exact) mass is 450 g/mol. The second-order valence-corrected chi connectivity index (χ2v) is 9.89. The number of ether oxygens (including phenoxy) is 2. The van der Waals surface area contributed by atoms with E-state index in [2.05, 4.69) is 12.2 Å². The summed E-state index contributed by atoms with van der Waals surface area (Å²) in [6.07, 6.45) is 1.65. The average Bonchev–Trinajstić information content (AvgIpc) is 2.74. The highest BCUT2D eigenvalue weighted by atomic mass is 35.5. The molecular formula is C21H23ClN2O5S. The van der Waals surface area contributed by atoms with Gasteiger partial charge in [-0.15, -0.1) is 0 Å². The predicted octanol–water partition coefficient (Wildman–Crippen LogP) is 3.78. The zero-order valence-electron chi connectivity index (χ0n) is 16.6. The van der Waals surface area contributed by atoms with Gasteiger partial charge >= 0.3 is 0 Å². The lowest BCUT2D eigenvalue weighted by Crippen LogP contribution is -2.37. The molecule has 9 heteroatoms. The molecule has 2 aliphatic rings. The number of carbonyl (C=O) groups excluding carboxylic acids is 1. The first-order chi connectivity index (χ1) is 14.3. The van der Waals surface area contributed by atoms with Gasteiger partial charge in [-0.25, -0.2) is 8.42 Å². The Kier molecular flexibility index (Phi) is 5.90. The van der Waals surface area contributed by atoms with E-state index in [1.807, 2.05) is 0 Å². The topological polar surface area (TPSA) is 84.9 Å². The number of sulfonamides is 1. The third-order valence-corrected chi connectivity index (χ3v) is 7.59. The van der Waals surface area contributed by atoms with Crippen LogP contribution in [0.25, 0.3) is 0 Å². The van der Waals surface area contributed by atoms with Crippen LogP contribution in [0.3, 0.4) is 0 Å². The van der Waals surface area contributed by atoms with E-state index in [9.17, 15) is 13.2 Å². The van der Waals surface area contributed by atoms with Crippen molar-refractivity contribution in [2.24, 2.45) is 5.92 Å². The highest BCUT2D eigenvalue weighted by Gasteiger charge is 2.29. The summed E-state index contributed by atoms with van der Waals surface area (Å²) in [6, 6.07) is 9.29. The zero-order valence-corrected chi connectivity index (χ0v) is 18.1. The van der Waals surface area contributed by atoms with Gasteiger partial charge in [0.2, 0.25) is 10.0 Å². The van der Waals surface area contributed by atoms with Crippen LogP contribution in [0, 0.1) is 5.92 Å². The maximum absolute atomic E-state index is 13.0. The number of piperidine rings is 1. The van der Waals surface area contributed by atoms with Crippen molar-refractivity contribution in [1.82, 2.24) is 4.31 Å². The van der Waals surface area contributed by atoms with Crippen LogP contribution in [0.2, 0.25) is 5.02 Å². The standard InChI is InChI=1S/C21H23ClN2O5S/c1-14-6-8-24(9-7-14)30(26,27)16-3-4-18(22)17(13-16)21(25)23-15-2-5-19-20(12-15)29-11-10-28-19/h2-5,12-14H,6-11H2,1H3,(H,23,25). The molecule has 0 unspecified atom stereocenters. The van der Waals surface area contributed by atoms with Gasteiger partial charge in [-0.05, 0) is 49.1 Å². The zero-order chi connectivity index (χ0) is 21.3. The van der Waals surface area contributed by atoms with Crippen molar-refractivity contribution >= 4 is 33.2 Å². The number of nitrogens with one attached hydrogen (secondary N) is 1. The Balaban J connectivity index is 1.56. The first-order valence-corrected chi connectivity index (χ1v) is 11.7. The molecule has 0 aromatic heterocycles. The molecule has 2 heterocycles. The van der Waals surface area contributed by atoms with E-state index >= 15 is 0 Å². The van der Waals surface area contributed by atoms with Crippen LogP contribution in [-0.4, -0.2) is 44.9 Å². The first-order valence-electron chi connectivity index (χ1n) is 9.85. The van der Waals surface area contributed by atoms with Gasteiger partial charge in [0.25, 0.3) is 5.91 Å². The molecule has 0 atom stereocenters. The highest BCUT2D eigenvalue weighted by Crippen LogP contribution is 2.33. The fraction of sp³-hybridized carbons (Fsp3) is 0.381. The molecule has 160 valence electrons. The Morgan fingerprint density at radius 1 is 1.07 bits per heavy atom. The van der Waals surface area contributed by atoms with Gasteiger partial charge in [0.05, 0.1) is 15.5 Å². The Hall–Kier alpha value is -2.29. The smallest absolute Gasteiger partial charge is 0.257 e. The summed E-state index contributed by atoms with van der Waals surface area (Å²) in [5.41, 5.74) is 0.594. The van der Waals surface area contributed by atoms with Gasteiger partial charge < -0.3 is 14.8 Å². The van der Waals surface area contributed by atoms with Crippen molar-refractivity contribution in [3.63, 3.8) is 0 Å². The molecule has 2 aliphatic heterocycles. The molecule has 0 radical (unpaired) electrons. The van der Waals surface area contributed by atoms with Crippen molar-refractivity contribution in [2.45, 2.75) is 24.7 Å². The Morgan fingerprint density at radius 3 is 2.50 bits per heavy atom. The summed E-state index contributed by atoms with van der Waals surface area (Å²) in [4.78, 5) is 12.9. The number of fused-ring (bicyclic) bond motifs is 1. The first kappa shape index (κ1) is 21.0. The van der Waals surface area contributed by atoms with Gasteiger partial charge in [0.1, 0.15) is 13.2 Å². The fourth-order valence-electron chi connectivity index (χ4n) is 3.53. The Morgan fingerprint density at radius 2 is 1.77 bits per heavy atom. The van der Waals surface area contributed by atoms with Gasteiger partial charge in [-0.3, -0.25) is 4.79 Å². The number of hydrogen-bond acceptors (Lipinski definition) is 5. The van der Waals surface area contributed by atoms with E-state index in [1.54, 1.807) is 18.2 Å². The number of benzene rings is 2. The highest BCUT2D eigenvalue weighted by molar-refractivity contribution is 7.89. The summed E-state index contributed by atoms with van der Waals surface area (Å²) in [7, 11) is -3.69. The molecule has 0 aliphatic carbocycles. The summed E-state index contributed by atoms with van der Waals surface area (Å²) in [5, 5.41) is 2.92.